The highest BCUT2D eigenvalue weighted by molar-refractivity contribution is 6.32. The van der Waals surface area contributed by atoms with Gasteiger partial charge in [-0.3, -0.25) is 14.5 Å². The van der Waals surface area contributed by atoms with E-state index in [1.54, 1.807) is 43.6 Å². The summed E-state index contributed by atoms with van der Waals surface area (Å²) in [5.41, 5.74) is 2.14. The number of carbonyl (C=O) groups excluding carboxylic acids is 2. The van der Waals surface area contributed by atoms with E-state index in [1.165, 1.54) is 7.11 Å². The Morgan fingerprint density at radius 3 is 2.48 bits per heavy atom. The number of rotatable bonds is 9. The van der Waals surface area contributed by atoms with E-state index < -0.39 is 0 Å². The summed E-state index contributed by atoms with van der Waals surface area (Å²) in [5.74, 6) is 0.966. The molecular formula is C23H24ClN3O4. The van der Waals surface area contributed by atoms with Crippen molar-refractivity contribution in [1.29, 1.82) is 0 Å². The van der Waals surface area contributed by atoms with Gasteiger partial charge in [-0.25, -0.2) is 0 Å². The molecule has 0 aliphatic carbocycles. The number of halogens is 1. The van der Waals surface area contributed by atoms with Gasteiger partial charge in [-0.05, 0) is 48.0 Å². The highest BCUT2D eigenvalue weighted by atomic mass is 35.5. The topological polar surface area (TPSA) is 83.8 Å². The van der Waals surface area contributed by atoms with Gasteiger partial charge in [0.1, 0.15) is 11.5 Å². The summed E-state index contributed by atoms with van der Waals surface area (Å²) in [7, 11) is 3.13. The van der Waals surface area contributed by atoms with Crippen molar-refractivity contribution in [1.82, 2.24) is 10.2 Å². The number of ether oxygens (including phenoxy) is 1. The van der Waals surface area contributed by atoms with Gasteiger partial charge in [0.15, 0.2) is 0 Å². The van der Waals surface area contributed by atoms with Crippen LogP contribution < -0.4 is 15.4 Å². The van der Waals surface area contributed by atoms with Gasteiger partial charge in [0.2, 0.25) is 5.91 Å². The first-order chi connectivity index (χ1) is 15.0. The number of anilines is 1. The Balaban J connectivity index is 1.69. The Kier molecular flexibility index (Phi) is 7.70. The van der Waals surface area contributed by atoms with Crippen molar-refractivity contribution in [3.63, 3.8) is 0 Å². The van der Waals surface area contributed by atoms with Gasteiger partial charge in [-0.15, -0.1) is 0 Å². The molecule has 3 aromatic rings. The van der Waals surface area contributed by atoms with Crippen LogP contribution in [-0.4, -0.2) is 37.4 Å². The number of furan rings is 1. The number of carbonyl (C=O) groups is 2. The molecule has 0 saturated carbocycles. The molecule has 0 saturated heterocycles. The first-order valence-electron chi connectivity index (χ1n) is 9.67. The smallest absolute Gasteiger partial charge is 0.251 e. The summed E-state index contributed by atoms with van der Waals surface area (Å²) >= 11 is 6.14. The maximum absolute atomic E-state index is 12.7. The molecule has 8 heteroatoms. The minimum atomic E-state index is -0.185. The fourth-order valence-electron chi connectivity index (χ4n) is 3.10. The lowest BCUT2D eigenvalue weighted by Gasteiger charge is -2.21. The molecule has 0 aliphatic rings. The predicted molar refractivity (Wildman–Crippen MR) is 119 cm³/mol. The molecule has 1 aromatic heterocycles. The van der Waals surface area contributed by atoms with Crippen LogP contribution in [0.2, 0.25) is 5.02 Å². The predicted octanol–water partition coefficient (Wildman–Crippen LogP) is 3.94. The van der Waals surface area contributed by atoms with E-state index in [9.17, 15) is 9.59 Å². The van der Waals surface area contributed by atoms with Gasteiger partial charge in [0.25, 0.3) is 5.91 Å². The summed E-state index contributed by atoms with van der Waals surface area (Å²) in [6.07, 6.45) is 1.60. The van der Waals surface area contributed by atoms with Crippen molar-refractivity contribution in [3.8, 4) is 5.75 Å². The van der Waals surface area contributed by atoms with Crippen molar-refractivity contribution in [3.05, 3.63) is 82.8 Å². The Bertz CT molecular complexity index is 1020. The highest BCUT2D eigenvalue weighted by Crippen LogP contribution is 2.27. The zero-order valence-corrected chi connectivity index (χ0v) is 18.1. The first-order valence-corrected chi connectivity index (χ1v) is 10.1. The molecule has 0 spiro atoms. The number of methoxy groups -OCH3 is 1. The van der Waals surface area contributed by atoms with Crippen LogP contribution >= 0.6 is 11.6 Å². The third-order valence-electron chi connectivity index (χ3n) is 4.61. The zero-order valence-electron chi connectivity index (χ0n) is 17.4. The second-order valence-electron chi connectivity index (χ2n) is 6.90. The number of nitrogens with zero attached hydrogens (tertiary/aromatic N) is 1. The van der Waals surface area contributed by atoms with Crippen LogP contribution in [0.3, 0.4) is 0 Å². The summed E-state index contributed by atoms with van der Waals surface area (Å²) in [6, 6.07) is 16.0. The summed E-state index contributed by atoms with van der Waals surface area (Å²) in [5, 5.41) is 5.88. The van der Waals surface area contributed by atoms with Crippen LogP contribution in [-0.2, 0) is 17.9 Å². The second-order valence-corrected chi connectivity index (χ2v) is 7.31. The van der Waals surface area contributed by atoms with Gasteiger partial charge < -0.3 is 19.8 Å². The van der Waals surface area contributed by atoms with E-state index in [4.69, 9.17) is 20.8 Å². The Morgan fingerprint density at radius 2 is 1.87 bits per heavy atom. The molecule has 0 aliphatic heterocycles. The van der Waals surface area contributed by atoms with E-state index in [0.29, 0.717) is 35.1 Å². The van der Waals surface area contributed by atoms with E-state index >= 15 is 0 Å². The maximum atomic E-state index is 12.7. The van der Waals surface area contributed by atoms with E-state index in [-0.39, 0.29) is 18.4 Å². The largest absolute Gasteiger partial charge is 0.495 e. The third kappa shape index (κ3) is 6.34. The van der Waals surface area contributed by atoms with E-state index in [2.05, 4.69) is 10.6 Å². The minimum absolute atomic E-state index is 0.140. The lowest BCUT2D eigenvalue weighted by Crippen LogP contribution is -2.32. The molecule has 2 N–H and O–H groups in total. The van der Waals surface area contributed by atoms with Crippen molar-refractivity contribution in [2.75, 3.05) is 26.0 Å². The average Bonchev–Trinajstić information content (AvgIpc) is 3.26. The van der Waals surface area contributed by atoms with Crippen LogP contribution in [0, 0.1) is 0 Å². The monoisotopic (exact) mass is 441 g/mol. The molecule has 162 valence electrons. The van der Waals surface area contributed by atoms with Crippen molar-refractivity contribution >= 4 is 29.1 Å². The summed E-state index contributed by atoms with van der Waals surface area (Å²) < 4.78 is 10.6. The Labute approximate surface area is 185 Å². The van der Waals surface area contributed by atoms with Gasteiger partial charge >= 0.3 is 0 Å². The standard InChI is InChI=1S/C23H24ClN3O4/c1-25-23(29)17-7-5-16(6-8-17)13-27(14-19-4-3-11-31-19)15-22(28)26-18-9-10-21(30-2)20(24)12-18/h3-12H,13-15H2,1-2H3,(H,25,29)(H,26,28). The molecule has 0 radical (unpaired) electrons. The minimum Gasteiger partial charge on any atom is -0.495 e. The van der Waals surface area contributed by atoms with Crippen LogP contribution in [0.15, 0.2) is 65.3 Å². The van der Waals surface area contributed by atoms with Crippen LogP contribution in [0.4, 0.5) is 5.69 Å². The van der Waals surface area contributed by atoms with Gasteiger partial charge in [-0.2, -0.15) is 0 Å². The average molecular weight is 442 g/mol. The molecule has 2 aromatic carbocycles. The van der Waals surface area contributed by atoms with Crippen LogP contribution in [0.5, 0.6) is 5.75 Å². The van der Waals surface area contributed by atoms with Gasteiger partial charge in [0, 0.05) is 24.8 Å². The van der Waals surface area contributed by atoms with E-state index in [0.717, 1.165) is 11.3 Å². The SMILES string of the molecule is CNC(=O)c1ccc(CN(CC(=O)Nc2ccc(OC)c(Cl)c2)Cc2ccco2)cc1. The Hall–Kier alpha value is -3.29. The molecule has 0 bridgehead atoms. The number of amides is 2. The summed E-state index contributed by atoms with van der Waals surface area (Å²) in [6.45, 7) is 1.11. The molecule has 0 unspecified atom stereocenters. The normalized spacial score (nSPS) is 10.7. The fraction of sp³-hybridized carbons (Fsp3) is 0.217. The van der Waals surface area contributed by atoms with Crippen molar-refractivity contribution in [2.45, 2.75) is 13.1 Å². The molecule has 0 fully saturated rings. The number of benzene rings is 2. The highest BCUT2D eigenvalue weighted by Gasteiger charge is 2.15. The first kappa shape index (κ1) is 22.4. The number of hydrogen-bond donors (Lipinski definition) is 2. The van der Waals surface area contributed by atoms with E-state index in [1.807, 2.05) is 29.2 Å². The van der Waals surface area contributed by atoms with Crippen LogP contribution in [0.25, 0.3) is 0 Å². The second kappa shape index (κ2) is 10.7. The molecule has 7 nitrogen and oxygen atoms in total. The Morgan fingerprint density at radius 1 is 1.10 bits per heavy atom. The van der Waals surface area contributed by atoms with Crippen LogP contribution in [0.1, 0.15) is 21.7 Å². The van der Waals surface area contributed by atoms with Crippen molar-refractivity contribution in [2.24, 2.45) is 0 Å². The van der Waals surface area contributed by atoms with Gasteiger partial charge in [0.05, 0.1) is 31.5 Å². The lowest BCUT2D eigenvalue weighted by molar-refractivity contribution is -0.117. The zero-order chi connectivity index (χ0) is 22.2. The quantitative estimate of drug-likeness (QED) is 0.525. The molecule has 2 amide bonds. The molecule has 0 atom stereocenters. The van der Waals surface area contributed by atoms with Crippen molar-refractivity contribution < 1.29 is 18.7 Å². The maximum Gasteiger partial charge on any atom is 0.251 e. The summed E-state index contributed by atoms with van der Waals surface area (Å²) in [4.78, 5) is 26.4. The molecule has 31 heavy (non-hydrogen) atoms. The lowest BCUT2D eigenvalue weighted by atomic mass is 10.1. The van der Waals surface area contributed by atoms with Gasteiger partial charge in [-0.1, -0.05) is 23.7 Å². The molecular weight excluding hydrogens is 418 g/mol. The third-order valence-corrected chi connectivity index (χ3v) is 4.91. The molecule has 3 rings (SSSR count). The molecule has 1 heterocycles. The number of hydrogen-bond acceptors (Lipinski definition) is 5. The number of nitrogens with one attached hydrogen (secondary N) is 2. The fourth-order valence-corrected chi connectivity index (χ4v) is 3.36.